The highest BCUT2D eigenvalue weighted by Gasteiger charge is 2.40. The van der Waals surface area contributed by atoms with E-state index in [1.807, 2.05) is 12.1 Å². The Balaban J connectivity index is 1.81. The van der Waals surface area contributed by atoms with E-state index in [1.165, 1.54) is 12.8 Å². The van der Waals surface area contributed by atoms with Crippen molar-refractivity contribution in [3.8, 4) is 6.07 Å². The summed E-state index contributed by atoms with van der Waals surface area (Å²) < 4.78 is 0. The van der Waals surface area contributed by atoms with Crippen molar-refractivity contribution in [2.24, 2.45) is 5.41 Å². The molecule has 0 aliphatic heterocycles. The Morgan fingerprint density at radius 2 is 2.06 bits per heavy atom. The summed E-state index contributed by atoms with van der Waals surface area (Å²) in [6.45, 7) is 2.98. The van der Waals surface area contributed by atoms with Crippen LogP contribution in [0, 0.1) is 16.7 Å². The first-order valence-corrected chi connectivity index (χ1v) is 6.43. The SMILES string of the molecule is CCC1(CNC(=O)Cc2ccc(C#N)cc2)CC1. The summed E-state index contributed by atoms with van der Waals surface area (Å²) in [6.07, 6.45) is 4.01. The van der Waals surface area contributed by atoms with E-state index >= 15 is 0 Å². The maximum atomic E-state index is 11.8. The van der Waals surface area contributed by atoms with Crippen molar-refractivity contribution in [3.63, 3.8) is 0 Å². The van der Waals surface area contributed by atoms with Gasteiger partial charge in [-0.15, -0.1) is 0 Å². The third-order valence-corrected chi connectivity index (χ3v) is 3.82. The zero-order valence-corrected chi connectivity index (χ0v) is 10.7. The van der Waals surface area contributed by atoms with E-state index in [-0.39, 0.29) is 5.91 Å². The lowest BCUT2D eigenvalue weighted by Crippen LogP contribution is -2.31. The number of nitrogens with zero attached hydrogens (tertiary/aromatic N) is 1. The van der Waals surface area contributed by atoms with Crippen LogP contribution in [0.4, 0.5) is 0 Å². The van der Waals surface area contributed by atoms with Gasteiger partial charge in [0.25, 0.3) is 0 Å². The molecule has 1 fully saturated rings. The molecule has 0 spiro atoms. The van der Waals surface area contributed by atoms with Crippen LogP contribution in [-0.4, -0.2) is 12.5 Å². The highest BCUT2D eigenvalue weighted by atomic mass is 16.1. The zero-order chi connectivity index (χ0) is 13.0. The second kappa shape index (κ2) is 5.22. The molecule has 0 atom stereocenters. The first-order chi connectivity index (χ1) is 8.67. The molecule has 1 N–H and O–H groups in total. The topological polar surface area (TPSA) is 52.9 Å². The second-order valence-corrected chi connectivity index (χ2v) is 5.12. The van der Waals surface area contributed by atoms with Gasteiger partial charge in [-0.2, -0.15) is 5.26 Å². The summed E-state index contributed by atoms with van der Waals surface area (Å²) >= 11 is 0. The molecule has 1 aliphatic rings. The van der Waals surface area contributed by atoms with Gasteiger partial charge in [-0.3, -0.25) is 4.79 Å². The number of amides is 1. The van der Waals surface area contributed by atoms with Crippen LogP contribution in [0.5, 0.6) is 0 Å². The highest BCUT2D eigenvalue weighted by Crippen LogP contribution is 2.47. The molecule has 1 aliphatic carbocycles. The van der Waals surface area contributed by atoms with Crippen LogP contribution < -0.4 is 5.32 Å². The zero-order valence-electron chi connectivity index (χ0n) is 10.7. The molecule has 0 radical (unpaired) electrons. The van der Waals surface area contributed by atoms with Crippen LogP contribution in [-0.2, 0) is 11.2 Å². The van der Waals surface area contributed by atoms with Gasteiger partial charge in [-0.1, -0.05) is 19.1 Å². The van der Waals surface area contributed by atoms with Crippen molar-refractivity contribution >= 4 is 5.91 Å². The molecular formula is C15H18N2O. The summed E-state index contributed by atoms with van der Waals surface area (Å²) in [7, 11) is 0. The Bertz CT molecular complexity index is 466. The van der Waals surface area contributed by atoms with Gasteiger partial charge in [0.1, 0.15) is 0 Å². The van der Waals surface area contributed by atoms with Gasteiger partial charge in [0.05, 0.1) is 18.1 Å². The Morgan fingerprint density at radius 3 is 2.56 bits per heavy atom. The Morgan fingerprint density at radius 1 is 1.39 bits per heavy atom. The molecule has 3 heteroatoms. The van der Waals surface area contributed by atoms with Gasteiger partial charge in [0.2, 0.25) is 5.91 Å². The molecule has 0 heterocycles. The molecule has 1 amide bonds. The fourth-order valence-corrected chi connectivity index (χ4v) is 2.06. The standard InChI is InChI=1S/C15H18N2O/c1-2-15(7-8-15)11-17-14(18)9-12-3-5-13(10-16)6-4-12/h3-6H,2,7-9,11H2,1H3,(H,17,18). The Hall–Kier alpha value is -1.82. The molecule has 0 bridgehead atoms. The van der Waals surface area contributed by atoms with E-state index in [9.17, 15) is 4.79 Å². The molecule has 3 nitrogen and oxygen atoms in total. The normalized spacial score (nSPS) is 15.8. The van der Waals surface area contributed by atoms with Crippen LogP contribution >= 0.6 is 0 Å². The molecule has 1 aromatic rings. The second-order valence-electron chi connectivity index (χ2n) is 5.12. The number of nitriles is 1. The van der Waals surface area contributed by atoms with Gasteiger partial charge < -0.3 is 5.32 Å². The van der Waals surface area contributed by atoms with E-state index in [0.717, 1.165) is 18.5 Å². The molecule has 0 aromatic heterocycles. The van der Waals surface area contributed by atoms with E-state index in [2.05, 4.69) is 18.3 Å². The number of rotatable bonds is 5. The summed E-state index contributed by atoms with van der Waals surface area (Å²) in [5, 5.41) is 11.7. The average Bonchev–Trinajstić information content (AvgIpc) is 3.18. The third-order valence-electron chi connectivity index (χ3n) is 3.82. The predicted molar refractivity (Wildman–Crippen MR) is 69.8 cm³/mol. The lowest BCUT2D eigenvalue weighted by atomic mass is 10.0. The highest BCUT2D eigenvalue weighted by molar-refractivity contribution is 5.78. The van der Waals surface area contributed by atoms with E-state index in [1.54, 1.807) is 12.1 Å². The molecule has 2 rings (SSSR count). The summed E-state index contributed by atoms with van der Waals surface area (Å²) in [5.41, 5.74) is 1.97. The molecule has 18 heavy (non-hydrogen) atoms. The van der Waals surface area contributed by atoms with Crippen molar-refractivity contribution in [1.29, 1.82) is 5.26 Å². The van der Waals surface area contributed by atoms with Gasteiger partial charge >= 0.3 is 0 Å². The van der Waals surface area contributed by atoms with Crippen molar-refractivity contribution < 1.29 is 4.79 Å². The summed E-state index contributed by atoms with van der Waals surface area (Å²) in [6, 6.07) is 9.24. The van der Waals surface area contributed by atoms with E-state index in [4.69, 9.17) is 5.26 Å². The quantitative estimate of drug-likeness (QED) is 0.862. The number of carbonyl (C=O) groups excluding carboxylic acids is 1. The largest absolute Gasteiger partial charge is 0.355 e. The van der Waals surface area contributed by atoms with Gasteiger partial charge in [-0.05, 0) is 42.4 Å². The summed E-state index contributed by atoms with van der Waals surface area (Å²) in [4.78, 5) is 11.8. The molecule has 0 unspecified atom stereocenters. The monoisotopic (exact) mass is 242 g/mol. The Labute approximate surface area is 108 Å². The molecule has 1 saturated carbocycles. The fraction of sp³-hybridized carbons (Fsp3) is 0.467. The van der Waals surface area contributed by atoms with Crippen LogP contribution in [0.25, 0.3) is 0 Å². The molecule has 1 aromatic carbocycles. The lowest BCUT2D eigenvalue weighted by Gasteiger charge is -2.13. The van der Waals surface area contributed by atoms with Crippen molar-refractivity contribution in [3.05, 3.63) is 35.4 Å². The van der Waals surface area contributed by atoms with Crippen molar-refractivity contribution in [2.75, 3.05) is 6.54 Å². The lowest BCUT2D eigenvalue weighted by molar-refractivity contribution is -0.120. The molecular weight excluding hydrogens is 224 g/mol. The number of carbonyl (C=O) groups is 1. The smallest absolute Gasteiger partial charge is 0.224 e. The number of benzene rings is 1. The van der Waals surface area contributed by atoms with Crippen molar-refractivity contribution in [1.82, 2.24) is 5.32 Å². The predicted octanol–water partition coefficient (Wildman–Crippen LogP) is 2.41. The first kappa shape index (κ1) is 12.6. The Kier molecular flexibility index (Phi) is 3.66. The van der Waals surface area contributed by atoms with E-state index < -0.39 is 0 Å². The number of nitrogens with one attached hydrogen (secondary N) is 1. The fourth-order valence-electron chi connectivity index (χ4n) is 2.06. The number of hydrogen-bond donors (Lipinski definition) is 1. The molecule has 94 valence electrons. The van der Waals surface area contributed by atoms with Gasteiger partial charge in [0, 0.05) is 6.54 Å². The van der Waals surface area contributed by atoms with Crippen molar-refractivity contribution in [2.45, 2.75) is 32.6 Å². The van der Waals surface area contributed by atoms with Crippen LogP contribution in [0.2, 0.25) is 0 Å². The van der Waals surface area contributed by atoms with Crippen LogP contribution in [0.1, 0.15) is 37.3 Å². The average molecular weight is 242 g/mol. The minimum absolute atomic E-state index is 0.0689. The minimum atomic E-state index is 0.0689. The van der Waals surface area contributed by atoms with E-state index in [0.29, 0.717) is 17.4 Å². The maximum absolute atomic E-state index is 11.8. The van der Waals surface area contributed by atoms with Gasteiger partial charge in [0.15, 0.2) is 0 Å². The minimum Gasteiger partial charge on any atom is -0.355 e. The summed E-state index contributed by atoms with van der Waals surface area (Å²) in [5.74, 6) is 0.0689. The first-order valence-electron chi connectivity index (χ1n) is 6.43. The van der Waals surface area contributed by atoms with Crippen LogP contribution in [0.15, 0.2) is 24.3 Å². The maximum Gasteiger partial charge on any atom is 0.224 e. The van der Waals surface area contributed by atoms with Gasteiger partial charge in [-0.25, -0.2) is 0 Å². The molecule has 0 saturated heterocycles. The number of hydrogen-bond acceptors (Lipinski definition) is 2. The third kappa shape index (κ3) is 3.10. The van der Waals surface area contributed by atoms with Crippen LogP contribution in [0.3, 0.4) is 0 Å².